The molecule has 5 heteroatoms. The van der Waals surface area contributed by atoms with Crippen molar-refractivity contribution in [3.05, 3.63) is 45.0 Å². The summed E-state index contributed by atoms with van der Waals surface area (Å²) in [6.45, 7) is 0. The highest BCUT2D eigenvalue weighted by atomic mass is 79.9. The van der Waals surface area contributed by atoms with Gasteiger partial charge in [0.25, 0.3) is 0 Å². The van der Waals surface area contributed by atoms with Crippen LogP contribution in [0.3, 0.4) is 0 Å². The Bertz CT molecular complexity index is 462. The zero-order chi connectivity index (χ0) is 11.4. The molecule has 0 radical (unpaired) electrons. The first-order valence-electron chi connectivity index (χ1n) is 4.64. The predicted molar refractivity (Wildman–Crippen MR) is 71.2 cm³/mol. The lowest BCUT2D eigenvalue weighted by atomic mass is 10.4. The third kappa shape index (κ3) is 3.23. The molecule has 0 unspecified atom stereocenters. The summed E-state index contributed by atoms with van der Waals surface area (Å²) in [7, 11) is 0. The first-order chi connectivity index (χ1) is 7.75. The van der Waals surface area contributed by atoms with Crippen molar-refractivity contribution in [3.63, 3.8) is 0 Å². The molecule has 0 fully saturated rings. The van der Waals surface area contributed by atoms with Gasteiger partial charge in [-0.05, 0) is 40.2 Å². The predicted octanol–water partition coefficient (Wildman–Crippen LogP) is 4.22. The van der Waals surface area contributed by atoms with E-state index < -0.39 is 0 Å². The molecule has 84 valence electrons. The monoisotopic (exact) mass is 316 g/mol. The van der Waals surface area contributed by atoms with E-state index in [4.69, 9.17) is 4.42 Å². The van der Waals surface area contributed by atoms with Crippen LogP contribution < -0.4 is 0 Å². The Hall–Kier alpha value is -0.520. The Balaban J connectivity index is 1.80. The third-order valence-electron chi connectivity index (χ3n) is 1.91. The van der Waals surface area contributed by atoms with Gasteiger partial charge in [0.15, 0.2) is 5.78 Å². The molecule has 0 aliphatic heterocycles. The Morgan fingerprint density at radius 2 is 2.31 bits per heavy atom. The van der Waals surface area contributed by atoms with Crippen molar-refractivity contribution in [2.24, 2.45) is 0 Å². The van der Waals surface area contributed by atoms with Crippen LogP contribution in [0.4, 0.5) is 0 Å². The van der Waals surface area contributed by atoms with E-state index in [1.807, 2.05) is 24.3 Å². The van der Waals surface area contributed by atoms with Crippen molar-refractivity contribution in [2.45, 2.75) is 5.75 Å². The molecule has 2 nitrogen and oxygen atoms in total. The molecule has 16 heavy (non-hydrogen) atoms. The van der Waals surface area contributed by atoms with Gasteiger partial charge in [-0.25, -0.2) is 0 Å². The summed E-state index contributed by atoms with van der Waals surface area (Å²) in [5.41, 5.74) is 0. The Labute approximate surface area is 110 Å². The maximum absolute atomic E-state index is 11.7. The van der Waals surface area contributed by atoms with Gasteiger partial charge in [-0.1, -0.05) is 0 Å². The van der Waals surface area contributed by atoms with Crippen LogP contribution in [-0.2, 0) is 5.75 Å². The minimum atomic E-state index is 0.173. The number of rotatable bonds is 5. The molecule has 0 N–H and O–H groups in total. The lowest BCUT2D eigenvalue weighted by Gasteiger charge is -1.97. The van der Waals surface area contributed by atoms with Crippen molar-refractivity contribution in [2.75, 3.05) is 5.75 Å². The van der Waals surface area contributed by atoms with Gasteiger partial charge in [-0.2, -0.15) is 0 Å². The number of thiophene rings is 1. The van der Waals surface area contributed by atoms with Gasteiger partial charge in [0, 0.05) is 0 Å². The Kier molecular flexibility index (Phi) is 4.26. The second-order valence-electron chi connectivity index (χ2n) is 3.10. The summed E-state index contributed by atoms with van der Waals surface area (Å²) < 4.78 is 6.18. The molecular weight excluding hydrogens is 308 g/mol. The molecule has 0 saturated carbocycles. The number of ketones is 1. The zero-order valence-electron chi connectivity index (χ0n) is 8.31. The van der Waals surface area contributed by atoms with Gasteiger partial charge >= 0.3 is 0 Å². The maximum Gasteiger partial charge on any atom is 0.182 e. The molecule has 0 aliphatic rings. The van der Waals surface area contributed by atoms with Crippen LogP contribution in [0.1, 0.15) is 15.4 Å². The zero-order valence-corrected chi connectivity index (χ0v) is 11.5. The van der Waals surface area contributed by atoms with Crippen molar-refractivity contribution < 1.29 is 9.21 Å². The van der Waals surface area contributed by atoms with Crippen LogP contribution in [0.25, 0.3) is 0 Å². The van der Waals surface area contributed by atoms with Crippen molar-refractivity contribution in [1.29, 1.82) is 0 Å². The number of Topliss-reactive ketones (excluding diaryl/α,β-unsaturated/α-hetero) is 1. The van der Waals surface area contributed by atoms with Gasteiger partial charge < -0.3 is 4.42 Å². The van der Waals surface area contributed by atoms with Crippen molar-refractivity contribution in [3.8, 4) is 0 Å². The summed E-state index contributed by atoms with van der Waals surface area (Å²) in [4.78, 5) is 12.5. The number of carbonyl (C=O) groups is 1. The van der Waals surface area contributed by atoms with Gasteiger partial charge in [-0.15, -0.1) is 23.1 Å². The van der Waals surface area contributed by atoms with E-state index in [0.29, 0.717) is 5.75 Å². The molecule has 0 saturated heterocycles. The molecule has 0 spiro atoms. The molecule has 2 aromatic heterocycles. The fourth-order valence-electron chi connectivity index (χ4n) is 1.17. The quantitative estimate of drug-likeness (QED) is 0.774. The highest BCUT2D eigenvalue weighted by Gasteiger charge is 2.08. The first kappa shape index (κ1) is 12.0. The smallest absolute Gasteiger partial charge is 0.182 e. The summed E-state index contributed by atoms with van der Waals surface area (Å²) in [5, 5.41) is 0. The first-order valence-corrected chi connectivity index (χ1v) is 7.41. The van der Waals surface area contributed by atoms with Crippen LogP contribution in [0.2, 0.25) is 0 Å². The average molecular weight is 317 g/mol. The minimum absolute atomic E-state index is 0.173. The summed E-state index contributed by atoms with van der Waals surface area (Å²) in [5.74, 6) is 2.32. The summed E-state index contributed by atoms with van der Waals surface area (Å²) in [6, 6.07) is 7.52. The summed E-state index contributed by atoms with van der Waals surface area (Å²) in [6.07, 6.45) is 1.65. The van der Waals surface area contributed by atoms with E-state index in [-0.39, 0.29) is 5.78 Å². The number of furan rings is 1. The number of hydrogen-bond donors (Lipinski definition) is 0. The molecule has 0 aliphatic carbocycles. The van der Waals surface area contributed by atoms with Crippen LogP contribution in [0.15, 0.2) is 38.7 Å². The molecule has 0 aromatic carbocycles. The largest absolute Gasteiger partial charge is 0.468 e. The second-order valence-corrected chi connectivity index (χ2v) is 6.55. The number of carbonyl (C=O) groups excluding carboxylic acids is 1. The van der Waals surface area contributed by atoms with Crippen molar-refractivity contribution in [1.82, 2.24) is 0 Å². The van der Waals surface area contributed by atoms with E-state index in [9.17, 15) is 4.79 Å². The van der Waals surface area contributed by atoms with Crippen molar-refractivity contribution >= 4 is 44.8 Å². The Morgan fingerprint density at radius 3 is 2.94 bits per heavy atom. The van der Waals surface area contributed by atoms with E-state index in [0.717, 1.165) is 20.2 Å². The SMILES string of the molecule is O=C(CSCc1ccco1)c1ccc(Br)s1. The normalized spacial score (nSPS) is 10.6. The van der Waals surface area contributed by atoms with E-state index in [2.05, 4.69) is 15.9 Å². The van der Waals surface area contributed by atoms with Gasteiger partial charge in [0.1, 0.15) is 5.76 Å². The molecule has 0 bridgehead atoms. The highest BCUT2D eigenvalue weighted by Crippen LogP contribution is 2.24. The molecule has 0 atom stereocenters. The summed E-state index contributed by atoms with van der Waals surface area (Å²) >= 11 is 6.39. The fourth-order valence-corrected chi connectivity index (χ4v) is 3.40. The average Bonchev–Trinajstić information content (AvgIpc) is 2.89. The molecule has 2 aromatic rings. The molecule has 2 heterocycles. The van der Waals surface area contributed by atoms with E-state index in [1.54, 1.807) is 18.0 Å². The van der Waals surface area contributed by atoms with Crippen LogP contribution in [0, 0.1) is 0 Å². The van der Waals surface area contributed by atoms with Gasteiger partial charge in [0.2, 0.25) is 0 Å². The number of thioether (sulfide) groups is 1. The fraction of sp³-hybridized carbons (Fsp3) is 0.182. The highest BCUT2D eigenvalue weighted by molar-refractivity contribution is 9.11. The van der Waals surface area contributed by atoms with Gasteiger partial charge in [0.05, 0.1) is 26.4 Å². The van der Waals surface area contributed by atoms with Crippen LogP contribution in [0.5, 0.6) is 0 Å². The number of hydrogen-bond acceptors (Lipinski definition) is 4. The topological polar surface area (TPSA) is 30.2 Å². The second kappa shape index (κ2) is 5.70. The molecule has 0 amide bonds. The Morgan fingerprint density at radius 1 is 1.44 bits per heavy atom. The molecular formula is C11H9BrO2S2. The maximum atomic E-state index is 11.7. The lowest BCUT2D eigenvalue weighted by Crippen LogP contribution is -1.99. The third-order valence-corrected chi connectivity index (χ3v) is 4.53. The minimum Gasteiger partial charge on any atom is -0.468 e. The van der Waals surface area contributed by atoms with Crippen LogP contribution >= 0.6 is 39.0 Å². The van der Waals surface area contributed by atoms with Crippen LogP contribution in [-0.4, -0.2) is 11.5 Å². The van der Waals surface area contributed by atoms with E-state index in [1.165, 1.54) is 11.3 Å². The standard InChI is InChI=1S/C11H9BrO2S2/c12-11-4-3-10(16-11)9(13)7-15-6-8-2-1-5-14-8/h1-5H,6-7H2. The number of halogens is 1. The van der Waals surface area contributed by atoms with Gasteiger partial charge in [-0.3, -0.25) is 4.79 Å². The van der Waals surface area contributed by atoms with E-state index >= 15 is 0 Å². The lowest BCUT2D eigenvalue weighted by molar-refractivity contribution is 0.102. The molecule has 2 rings (SSSR count).